The minimum atomic E-state index is -0.276. The van der Waals surface area contributed by atoms with E-state index in [-0.39, 0.29) is 24.1 Å². The zero-order valence-electron chi connectivity index (χ0n) is 13.8. The summed E-state index contributed by atoms with van der Waals surface area (Å²) >= 11 is 3.42. The Morgan fingerprint density at radius 3 is 2.65 bits per heavy atom. The quantitative estimate of drug-likeness (QED) is 0.781. The number of halogens is 1. The molecule has 5 nitrogen and oxygen atoms in total. The summed E-state index contributed by atoms with van der Waals surface area (Å²) in [4.78, 5) is 26.9. The third-order valence-electron chi connectivity index (χ3n) is 4.34. The SMILES string of the molecule is CC(=O)N(C)CCC1CCN(C(C)c2ccc(Br)cc2)C(=O)O1. The third kappa shape index (κ3) is 4.70. The van der Waals surface area contributed by atoms with Crippen LogP contribution in [0.15, 0.2) is 28.7 Å². The van der Waals surface area contributed by atoms with E-state index in [2.05, 4.69) is 15.9 Å². The van der Waals surface area contributed by atoms with E-state index in [1.165, 1.54) is 6.92 Å². The molecular weight excluding hydrogens is 360 g/mol. The van der Waals surface area contributed by atoms with Crippen molar-refractivity contribution in [1.82, 2.24) is 9.80 Å². The van der Waals surface area contributed by atoms with Gasteiger partial charge in [0.25, 0.3) is 0 Å². The minimum Gasteiger partial charge on any atom is -0.446 e. The minimum absolute atomic E-state index is 0.0172. The lowest BCUT2D eigenvalue weighted by Gasteiger charge is -2.36. The van der Waals surface area contributed by atoms with E-state index in [1.54, 1.807) is 16.8 Å². The molecule has 1 fully saturated rings. The summed E-state index contributed by atoms with van der Waals surface area (Å²) in [5, 5.41) is 0. The maximum absolute atomic E-state index is 12.3. The van der Waals surface area contributed by atoms with E-state index in [0.717, 1.165) is 16.5 Å². The van der Waals surface area contributed by atoms with E-state index in [4.69, 9.17) is 4.74 Å². The smallest absolute Gasteiger partial charge is 0.410 e. The van der Waals surface area contributed by atoms with Gasteiger partial charge in [-0.15, -0.1) is 0 Å². The molecule has 1 heterocycles. The van der Waals surface area contributed by atoms with Crippen molar-refractivity contribution in [3.63, 3.8) is 0 Å². The van der Waals surface area contributed by atoms with Crippen molar-refractivity contribution in [1.29, 1.82) is 0 Å². The van der Waals surface area contributed by atoms with E-state index in [9.17, 15) is 9.59 Å². The first-order chi connectivity index (χ1) is 10.9. The predicted molar refractivity (Wildman–Crippen MR) is 92.1 cm³/mol. The van der Waals surface area contributed by atoms with Gasteiger partial charge in [0.05, 0.1) is 6.04 Å². The highest BCUT2D eigenvalue weighted by molar-refractivity contribution is 9.10. The monoisotopic (exact) mass is 382 g/mol. The summed E-state index contributed by atoms with van der Waals surface area (Å²) in [6.07, 6.45) is 1.08. The van der Waals surface area contributed by atoms with Gasteiger partial charge in [-0.25, -0.2) is 4.79 Å². The highest BCUT2D eigenvalue weighted by atomic mass is 79.9. The van der Waals surface area contributed by atoms with Gasteiger partial charge in [-0.2, -0.15) is 0 Å². The van der Waals surface area contributed by atoms with Gasteiger partial charge in [-0.1, -0.05) is 28.1 Å². The van der Waals surface area contributed by atoms with Gasteiger partial charge in [-0.3, -0.25) is 4.79 Å². The molecule has 2 atom stereocenters. The third-order valence-corrected chi connectivity index (χ3v) is 4.87. The molecule has 1 aliphatic heterocycles. The molecule has 1 aliphatic rings. The van der Waals surface area contributed by atoms with Crippen LogP contribution in [0.5, 0.6) is 0 Å². The lowest BCUT2D eigenvalue weighted by atomic mass is 10.1. The number of hydrogen-bond acceptors (Lipinski definition) is 3. The number of nitrogens with zero attached hydrogens (tertiary/aromatic N) is 2. The van der Waals surface area contributed by atoms with Crippen molar-refractivity contribution in [2.24, 2.45) is 0 Å². The van der Waals surface area contributed by atoms with Gasteiger partial charge in [-0.05, 0) is 24.6 Å². The van der Waals surface area contributed by atoms with Crippen LogP contribution in [0.25, 0.3) is 0 Å². The van der Waals surface area contributed by atoms with Crippen molar-refractivity contribution in [2.45, 2.75) is 38.8 Å². The predicted octanol–water partition coefficient (Wildman–Crippen LogP) is 3.59. The van der Waals surface area contributed by atoms with Gasteiger partial charge < -0.3 is 14.5 Å². The average molecular weight is 383 g/mol. The summed E-state index contributed by atoms with van der Waals surface area (Å²) in [6, 6.07) is 7.95. The molecule has 1 aromatic carbocycles. The summed E-state index contributed by atoms with van der Waals surface area (Å²) in [5.74, 6) is 0.0256. The number of carbonyl (C=O) groups excluding carboxylic acids is 2. The largest absolute Gasteiger partial charge is 0.446 e. The first-order valence-electron chi connectivity index (χ1n) is 7.83. The fourth-order valence-corrected chi connectivity index (χ4v) is 2.88. The second kappa shape index (κ2) is 7.81. The molecule has 0 bridgehead atoms. The van der Waals surface area contributed by atoms with Gasteiger partial charge >= 0.3 is 6.09 Å². The Morgan fingerprint density at radius 1 is 1.43 bits per heavy atom. The number of amides is 2. The number of hydrogen-bond donors (Lipinski definition) is 0. The fraction of sp³-hybridized carbons (Fsp3) is 0.529. The second-order valence-corrected chi connectivity index (χ2v) is 6.86. The van der Waals surface area contributed by atoms with Gasteiger partial charge in [0.1, 0.15) is 6.10 Å². The normalized spacial score (nSPS) is 19.2. The van der Waals surface area contributed by atoms with Crippen LogP contribution in [0.2, 0.25) is 0 Å². The number of rotatable bonds is 5. The molecule has 2 rings (SSSR count). The molecule has 0 radical (unpaired) electrons. The van der Waals surface area contributed by atoms with Crippen molar-refractivity contribution in [3.8, 4) is 0 Å². The van der Waals surface area contributed by atoms with Crippen molar-refractivity contribution >= 4 is 27.9 Å². The number of carbonyl (C=O) groups is 2. The number of cyclic esters (lactones) is 1. The number of benzene rings is 1. The Balaban J connectivity index is 1.89. The molecule has 1 saturated heterocycles. The molecule has 0 spiro atoms. The summed E-state index contributed by atoms with van der Waals surface area (Å²) in [6.45, 7) is 4.82. The summed E-state index contributed by atoms with van der Waals surface area (Å²) in [5.41, 5.74) is 1.08. The molecule has 0 saturated carbocycles. The molecular formula is C17H23BrN2O3. The average Bonchev–Trinajstić information content (AvgIpc) is 2.52. The van der Waals surface area contributed by atoms with Crippen LogP contribution in [0.3, 0.4) is 0 Å². The van der Waals surface area contributed by atoms with E-state index in [0.29, 0.717) is 19.5 Å². The van der Waals surface area contributed by atoms with Crippen molar-refractivity contribution in [3.05, 3.63) is 34.3 Å². The van der Waals surface area contributed by atoms with E-state index < -0.39 is 0 Å². The zero-order chi connectivity index (χ0) is 17.0. The first-order valence-corrected chi connectivity index (χ1v) is 8.62. The van der Waals surface area contributed by atoms with E-state index >= 15 is 0 Å². The molecule has 6 heteroatoms. The van der Waals surface area contributed by atoms with Crippen molar-refractivity contribution < 1.29 is 14.3 Å². The van der Waals surface area contributed by atoms with Crippen molar-refractivity contribution in [2.75, 3.05) is 20.1 Å². The summed E-state index contributed by atoms with van der Waals surface area (Å²) in [7, 11) is 1.76. The highest BCUT2D eigenvalue weighted by Crippen LogP contribution is 2.27. The van der Waals surface area contributed by atoms with Crippen LogP contribution in [-0.2, 0) is 9.53 Å². The van der Waals surface area contributed by atoms with Crippen LogP contribution < -0.4 is 0 Å². The van der Waals surface area contributed by atoms with Crippen LogP contribution in [0.4, 0.5) is 4.79 Å². The Labute approximate surface area is 145 Å². The Hall–Kier alpha value is -1.56. The van der Waals surface area contributed by atoms with Gasteiger partial charge in [0.15, 0.2) is 0 Å². The van der Waals surface area contributed by atoms with E-state index in [1.807, 2.05) is 31.2 Å². The Bertz CT molecular complexity index is 561. The van der Waals surface area contributed by atoms with Crippen LogP contribution in [0, 0.1) is 0 Å². The first kappa shape index (κ1) is 17.8. The standard InChI is InChI=1S/C17H23BrN2O3/c1-12(14-4-6-15(18)7-5-14)20-11-9-16(23-17(20)22)8-10-19(3)13(2)21/h4-7,12,16H,8-11H2,1-3H3. The number of ether oxygens (including phenoxy) is 1. The van der Waals surface area contributed by atoms with Crippen LogP contribution >= 0.6 is 15.9 Å². The molecule has 0 N–H and O–H groups in total. The maximum atomic E-state index is 12.3. The van der Waals surface area contributed by atoms with Crippen LogP contribution in [-0.4, -0.2) is 48.0 Å². The maximum Gasteiger partial charge on any atom is 0.410 e. The topological polar surface area (TPSA) is 49.9 Å². The Kier molecular flexibility index (Phi) is 6.04. The molecule has 0 aromatic heterocycles. The molecule has 2 unspecified atom stereocenters. The van der Waals surface area contributed by atoms with Gasteiger partial charge in [0.2, 0.25) is 5.91 Å². The fourth-order valence-electron chi connectivity index (χ4n) is 2.61. The summed E-state index contributed by atoms with van der Waals surface area (Å²) < 4.78 is 6.55. The van der Waals surface area contributed by atoms with Gasteiger partial charge in [0, 0.05) is 44.4 Å². The highest BCUT2D eigenvalue weighted by Gasteiger charge is 2.31. The lowest BCUT2D eigenvalue weighted by molar-refractivity contribution is -0.127. The molecule has 23 heavy (non-hydrogen) atoms. The molecule has 0 aliphatic carbocycles. The molecule has 1 aromatic rings. The zero-order valence-corrected chi connectivity index (χ0v) is 15.4. The Morgan fingerprint density at radius 2 is 2.09 bits per heavy atom. The lowest BCUT2D eigenvalue weighted by Crippen LogP contribution is -2.44. The second-order valence-electron chi connectivity index (χ2n) is 5.94. The molecule has 126 valence electrons. The van der Waals surface area contributed by atoms with Crippen LogP contribution in [0.1, 0.15) is 38.3 Å². The molecule has 2 amide bonds.